The van der Waals surface area contributed by atoms with Crippen LogP contribution in [0.2, 0.25) is 0 Å². The zero-order valence-electron chi connectivity index (χ0n) is 9.04. The first-order chi connectivity index (χ1) is 7.27. The highest BCUT2D eigenvalue weighted by Gasteiger charge is 2.40. The smallest absolute Gasteiger partial charge is 0.332 e. The summed E-state index contributed by atoms with van der Waals surface area (Å²) in [7, 11) is 0. The van der Waals surface area contributed by atoms with Gasteiger partial charge in [-0.1, -0.05) is 19.3 Å². The fraction of sp³-hybridized carbons (Fsp3) is 0.818. The second kappa shape index (κ2) is 4.64. The molecule has 84 valence electrons. The lowest BCUT2D eigenvalue weighted by Gasteiger charge is -2.04. The Labute approximate surface area is 90.3 Å². The molecule has 0 radical (unpaired) electrons. The number of nitrogens with two attached hydrogens (primary N) is 1. The molecule has 0 aliphatic heterocycles. The molecule has 15 heavy (non-hydrogen) atoms. The van der Waals surface area contributed by atoms with Gasteiger partial charge in [-0.15, -0.1) is 0 Å². The quantitative estimate of drug-likeness (QED) is 0.637. The van der Waals surface area contributed by atoms with E-state index in [0.717, 1.165) is 12.3 Å². The van der Waals surface area contributed by atoms with Crippen molar-refractivity contribution >= 4 is 11.7 Å². The first-order valence-corrected chi connectivity index (χ1v) is 5.89. The Hall–Kier alpha value is -1.06. The molecule has 4 heteroatoms. The van der Waals surface area contributed by atoms with Gasteiger partial charge in [-0.25, -0.2) is 10.2 Å². The maximum absolute atomic E-state index is 10.6. The summed E-state index contributed by atoms with van der Waals surface area (Å²) in [6.45, 7) is 0. The summed E-state index contributed by atoms with van der Waals surface area (Å²) in [6.07, 6.45) is 8.82. The van der Waals surface area contributed by atoms with E-state index in [1.165, 1.54) is 44.2 Å². The van der Waals surface area contributed by atoms with Gasteiger partial charge in [0.15, 0.2) is 0 Å². The van der Waals surface area contributed by atoms with Crippen molar-refractivity contribution in [3.05, 3.63) is 0 Å². The molecule has 0 aromatic rings. The first kappa shape index (κ1) is 10.5. The topological polar surface area (TPSA) is 67.5 Å². The molecule has 0 bridgehead atoms. The van der Waals surface area contributed by atoms with Crippen LogP contribution in [0.1, 0.15) is 44.9 Å². The Kier molecular flexibility index (Phi) is 3.23. The highest BCUT2D eigenvalue weighted by molar-refractivity contribution is 5.90. The van der Waals surface area contributed by atoms with Crippen LogP contribution in [-0.2, 0) is 0 Å². The van der Waals surface area contributed by atoms with E-state index in [9.17, 15) is 4.79 Å². The summed E-state index contributed by atoms with van der Waals surface area (Å²) in [6, 6.07) is -0.556. The van der Waals surface area contributed by atoms with Crippen molar-refractivity contribution in [1.29, 1.82) is 0 Å². The number of rotatable bonds is 1. The Balaban J connectivity index is 1.95. The summed E-state index contributed by atoms with van der Waals surface area (Å²) in [5.74, 6) is 1.46. The Morgan fingerprint density at radius 1 is 1.33 bits per heavy atom. The zero-order valence-corrected chi connectivity index (χ0v) is 9.04. The van der Waals surface area contributed by atoms with Crippen molar-refractivity contribution in [3.63, 3.8) is 0 Å². The lowest BCUT2D eigenvalue weighted by molar-refractivity contribution is 0.249. The normalized spacial score (nSPS) is 33.5. The van der Waals surface area contributed by atoms with E-state index < -0.39 is 6.03 Å². The molecule has 2 aliphatic rings. The van der Waals surface area contributed by atoms with Crippen molar-refractivity contribution in [1.82, 2.24) is 5.43 Å². The van der Waals surface area contributed by atoms with Gasteiger partial charge >= 0.3 is 6.03 Å². The van der Waals surface area contributed by atoms with Gasteiger partial charge in [0.25, 0.3) is 0 Å². The predicted molar refractivity (Wildman–Crippen MR) is 59.5 cm³/mol. The number of hydrogen-bond donors (Lipinski definition) is 2. The molecular weight excluding hydrogens is 190 g/mol. The SMILES string of the molecule is NC(=O)NN=C1CCCCCC[C@@H]2C[C@H]12. The van der Waals surface area contributed by atoms with Crippen molar-refractivity contribution in [2.45, 2.75) is 44.9 Å². The largest absolute Gasteiger partial charge is 0.350 e. The minimum Gasteiger partial charge on any atom is -0.350 e. The van der Waals surface area contributed by atoms with E-state index in [4.69, 9.17) is 5.73 Å². The van der Waals surface area contributed by atoms with Gasteiger partial charge < -0.3 is 5.73 Å². The van der Waals surface area contributed by atoms with E-state index in [-0.39, 0.29) is 0 Å². The molecule has 2 saturated carbocycles. The standard InChI is InChI=1S/C11H19N3O/c12-11(15)14-13-10-6-4-2-1-3-5-8-7-9(8)10/h8-9H,1-7H2,(H3,12,14,15)/t8-,9+/m1/s1. The molecular formula is C11H19N3O. The summed E-state index contributed by atoms with van der Waals surface area (Å²) < 4.78 is 0. The van der Waals surface area contributed by atoms with E-state index in [0.29, 0.717) is 5.92 Å². The van der Waals surface area contributed by atoms with E-state index in [1.807, 2.05) is 0 Å². The van der Waals surface area contributed by atoms with Crippen LogP contribution < -0.4 is 11.2 Å². The maximum Gasteiger partial charge on any atom is 0.332 e. The van der Waals surface area contributed by atoms with Crippen LogP contribution in [0.15, 0.2) is 5.10 Å². The van der Waals surface area contributed by atoms with E-state index in [2.05, 4.69) is 10.5 Å². The fourth-order valence-electron chi connectivity index (χ4n) is 2.49. The van der Waals surface area contributed by atoms with Crippen LogP contribution >= 0.6 is 0 Å². The monoisotopic (exact) mass is 209 g/mol. The number of amides is 2. The Morgan fingerprint density at radius 3 is 2.93 bits per heavy atom. The average molecular weight is 209 g/mol. The van der Waals surface area contributed by atoms with Gasteiger partial charge in [-0.05, 0) is 31.6 Å². The Bertz CT molecular complexity index is 275. The van der Waals surface area contributed by atoms with Gasteiger partial charge in [0.05, 0.1) is 0 Å². The minimum absolute atomic E-state index is 0.556. The third-order valence-electron chi connectivity index (χ3n) is 3.42. The Morgan fingerprint density at radius 2 is 2.13 bits per heavy atom. The molecule has 0 aromatic heterocycles. The fourth-order valence-corrected chi connectivity index (χ4v) is 2.49. The summed E-state index contributed by atoms with van der Waals surface area (Å²) >= 11 is 0. The van der Waals surface area contributed by atoms with Crippen molar-refractivity contribution in [2.24, 2.45) is 22.7 Å². The first-order valence-electron chi connectivity index (χ1n) is 5.89. The lowest BCUT2D eigenvalue weighted by Crippen LogP contribution is -2.26. The zero-order chi connectivity index (χ0) is 10.7. The number of nitrogens with zero attached hydrogens (tertiary/aromatic N) is 1. The van der Waals surface area contributed by atoms with Gasteiger partial charge in [0.2, 0.25) is 0 Å². The maximum atomic E-state index is 10.6. The van der Waals surface area contributed by atoms with E-state index >= 15 is 0 Å². The summed E-state index contributed by atoms with van der Waals surface area (Å²) in [4.78, 5) is 10.6. The van der Waals surface area contributed by atoms with Gasteiger partial charge in [0, 0.05) is 11.6 Å². The minimum atomic E-state index is -0.556. The molecule has 0 unspecified atom stereocenters. The molecule has 2 fully saturated rings. The second-order valence-electron chi connectivity index (χ2n) is 4.63. The average Bonchev–Trinajstić information content (AvgIpc) is 2.94. The van der Waals surface area contributed by atoms with Gasteiger partial charge in [-0.3, -0.25) is 0 Å². The molecule has 2 amide bonds. The number of primary amides is 1. The predicted octanol–water partition coefficient (Wildman–Crippen LogP) is 2.00. The lowest BCUT2D eigenvalue weighted by atomic mass is 10.1. The van der Waals surface area contributed by atoms with Gasteiger partial charge in [0.1, 0.15) is 0 Å². The summed E-state index contributed by atoms with van der Waals surface area (Å²) in [5, 5.41) is 4.14. The molecule has 4 nitrogen and oxygen atoms in total. The molecule has 0 aromatic carbocycles. The van der Waals surface area contributed by atoms with Crippen LogP contribution in [0.3, 0.4) is 0 Å². The highest BCUT2D eigenvalue weighted by Crippen LogP contribution is 2.45. The molecule has 3 N–H and O–H groups in total. The van der Waals surface area contributed by atoms with Crippen molar-refractivity contribution in [2.75, 3.05) is 0 Å². The number of carbonyl (C=O) groups is 1. The molecule has 0 heterocycles. The number of hydrogen-bond acceptors (Lipinski definition) is 2. The third-order valence-corrected chi connectivity index (χ3v) is 3.42. The van der Waals surface area contributed by atoms with Gasteiger partial charge in [-0.2, -0.15) is 5.10 Å². The molecule has 2 aliphatic carbocycles. The van der Waals surface area contributed by atoms with Crippen molar-refractivity contribution < 1.29 is 4.79 Å². The van der Waals surface area contributed by atoms with E-state index in [1.54, 1.807) is 0 Å². The number of hydrazone groups is 1. The van der Waals surface area contributed by atoms with Crippen LogP contribution in [0.25, 0.3) is 0 Å². The van der Waals surface area contributed by atoms with Crippen molar-refractivity contribution in [3.8, 4) is 0 Å². The number of carbonyl (C=O) groups excluding carboxylic acids is 1. The second-order valence-corrected chi connectivity index (χ2v) is 4.63. The van der Waals surface area contributed by atoms with Crippen LogP contribution in [0.5, 0.6) is 0 Å². The number of fused-ring (bicyclic) bond motifs is 1. The molecule has 0 saturated heterocycles. The molecule has 2 rings (SSSR count). The molecule has 0 spiro atoms. The highest BCUT2D eigenvalue weighted by atomic mass is 16.2. The van der Waals surface area contributed by atoms with Crippen LogP contribution in [-0.4, -0.2) is 11.7 Å². The number of nitrogens with one attached hydrogen (secondary N) is 1. The summed E-state index contributed by atoms with van der Waals surface area (Å²) in [5.41, 5.74) is 8.55. The third kappa shape index (κ3) is 2.94. The van der Waals surface area contributed by atoms with Crippen LogP contribution in [0, 0.1) is 11.8 Å². The molecule has 2 atom stereocenters. The number of urea groups is 1. The van der Waals surface area contributed by atoms with Crippen LogP contribution in [0.4, 0.5) is 4.79 Å².